The largest absolute Gasteiger partial charge is 0.490 e. The van der Waals surface area contributed by atoms with E-state index in [1.807, 2.05) is 55.5 Å². The number of hydrogen-bond donors (Lipinski definition) is 1. The van der Waals surface area contributed by atoms with Gasteiger partial charge in [0.05, 0.1) is 6.21 Å². The molecule has 0 saturated heterocycles. The van der Waals surface area contributed by atoms with Gasteiger partial charge in [0.2, 0.25) is 5.91 Å². The summed E-state index contributed by atoms with van der Waals surface area (Å²) in [5, 5.41) is 3.82. The van der Waals surface area contributed by atoms with Crippen LogP contribution in [0.1, 0.15) is 18.1 Å². The maximum atomic E-state index is 10.7. The molecule has 0 atom stereocenters. The molecular formula is C18H20N2O3. The first kappa shape index (κ1) is 16.5. The molecule has 0 aliphatic heterocycles. The van der Waals surface area contributed by atoms with E-state index in [1.54, 1.807) is 6.21 Å². The third kappa shape index (κ3) is 6.22. The lowest BCUT2D eigenvalue weighted by molar-refractivity contribution is -0.118. The Morgan fingerprint density at radius 3 is 2.48 bits per heavy atom. The highest BCUT2D eigenvalue weighted by molar-refractivity contribution is 5.82. The number of nitrogens with one attached hydrogen (secondary N) is 1. The Labute approximate surface area is 135 Å². The second-order valence-electron chi connectivity index (χ2n) is 5.01. The molecule has 5 heteroatoms. The molecular weight excluding hydrogens is 292 g/mol. The second-order valence-corrected chi connectivity index (χ2v) is 5.01. The van der Waals surface area contributed by atoms with Crippen molar-refractivity contribution in [3.8, 4) is 11.5 Å². The molecule has 1 amide bonds. The Bertz CT molecular complexity index is 666. The molecule has 0 radical (unpaired) electrons. The summed E-state index contributed by atoms with van der Waals surface area (Å²) >= 11 is 0. The predicted octanol–water partition coefficient (Wildman–Crippen LogP) is 2.92. The normalized spacial score (nSPS) is 10.5. The zero-order chi connectivity index (χ0) is 16.5. The van der Waals surface area contributed by atoms with Gasteiger partial charge in [0.15, 0.2) is 0 Å². The fraction of sp³-hybridized carbons (Fsp3) is 0.222. The molecule has 120 valence electrons. The molecule has 0 bridgehead atoms. The van der Waals surface area contributed by atoms with Gasteiger partial charge in [0.25, 0.3) is 0 Å². The number of hydrazone groups is 1. The van der Waals surface area contributed by atoms with Crippen LogP contribution in [-0.2, 0) is 4.79 Å². The van der Waals surface area contributed by atoms with Gasteiger partial charge in [-0.05, 0) is 36.8 Å². The zero-order valence-corrected chi connectivity index (χ0v) is 13.3. The number of ether oxygens (including phenoxy) is 2. The summed E-state index contributed by atoms with van der Waals surface area (Å²) in [4.78, 5) is 10.7. The van der Waals surface area contributed by atoms with Gasteiger partial charge in [-0.25, -0.2) is 5.43 Å². The van der Waals surface area contributed by atoms with Gasteiger partial charge in [0.1, 0.15) is 24.7 Å². The van der Waals surface area contributed by atoms with Crippen molar-refractivity contribution in [2.75, 3.05) is 13.2 Å². The number of aryl methyl sites for hydroxylation is 1. The van der Waals surface area contributed by atoms with Crippen LogP contribution in [0.25, 0.3) is 0 Å². The maximum absolute atomic E-state index is 10.7. The minimum absolute atomic E-state index is 0.207. The zero-order valence-electron chi connectivity index (χ0n) is 13.3. The lowest BCUT2D eigenvalue weighted by Gasteiger charge is -2.09. The van der Waals surface area contributed by atoms with E-state index in [-0.39, 0.29) is 5.91 Å². The van der Waals surface area contributed by atoms with E-state index < -0.39 is 0 Å². The minimum atomic E-state index is -0.207. The van der Waals surface area contributed by atoms with Crippen molar-refractivity contribution in [3.05, 3.63) is 59.7 Å². The highest BCUT2D eigenvalue weighted by Crippen LogP contribution is 2.13. The van der Waals surface area contributed by atoms with Gasteiger partial charge in [-0.15, -0.1) is 0 Å². The van der Waals surface area contributed by atoms with Gasteiger partial charge < -0.3 is 9.47 Å². The van der Waals surface area contributed by atoms with E-state index in [0.29, 0.717) is 13.2 Å². The van der Waals surface area contributed by atoms with Crippen LogP contribution < -0.4 is 14.9 Å². The lowest BCUT2D eigenvalue weighted by atomic mass is 10.2. The number of carbonyl (C=O) groups excluding carboxylic acids is 1. The number of benzene rings is 2. The fourth-order valence-electron chi connectivity index (χ4n) is 1.84. The van der Waals surface area contributed by atoms with Crippen LogP contribution >= 0.6 is 0 Å². The highest BCUT2D eigenvalue weighted by Gasteiger charge is 1.97. The fourth-order valence-corrected chi connectivity index (χ4v) is 1.84. The van der Waals surface area contributed by atoms with Crippen LogP contribution in [-0.4, -0.2) is 25.3 Å². The van der Waals surface area contributed by atoms with E-state index in [2.05, 4.69) is 10.5 Å². The Hall–Kier alpha value is -2.82. The van der Waals surface area contributed by atoms with Crippen molar-refractivity contribution in [1.29, 1.82) is 0 Å². The third-order valence-electron chi connectivity index (χ3n) is 2.94. The van der Waals surface area contributed by atoms with Crippen molar-refractivity contribution in [3.63, 3.8) is 0 Å². The molecule has 0 aliphatic carbocycles. The Morgan fingerprint density at radius 1 is 1.09 bits per heavy atom. The van der Waals surface area contributed by atoms with Crippen LogP contribution in [0.4, 0.5) is 0 Å². The van der Waals surface area contributed by atoms with Gasteiger partial charge in [-0.1, -0.05) is 29.8 Å². The summed E-state index contributed by atoms with van der Waals surface area (Å²) in [5.74, 6) is 1.35. The molecule has 0 unspecified atom stereocenters. The number of carbonyl (C=O) groups is 1. The molecule has 0 heterocycles. The molecule has 2 aromatic carbocycles. The van der Waals surface area contributed by atoms with Crippen molar-refractivity contribution in [2.24, 2.45) is 5.10 Å². The summed E-state index contributed by atoms with van der Waals surface area (Å²) in [7, 11) is 0. The molecule has 0 spiro atoms. The summed E-state index contributed by atoms with van der Waals surface area (Å²) < 4.78 is 11.3. The van der Waals surface area contributed by atoms with Gasteiger partial charge in [0, 0.05) is 6.92 Å². The Kier molecular flexibility index (Phi) is 6.17. The van der Waals surface area contributed by atoms with Gasteiger partial charge in [-0.2, -0.15) is 5.10 Å². The molecule has 5 nitrogen and oxygen atoms in total. The van der Waals surface area contributed by atoms with Crippen LogP contribution in [0.15, 0.2) is 53.6 Å². The number of rotatable bonds is 7. The van der Waals surface area contributed by atoms with E-state index in [9.17, 15) is 4.79 Å². The van der Waals surface area contributed by atoms with E-state index in [1.165, 1.54) is 12.5 Å². The summed E-state index contributed by atoms with van der Waals surface area (Å²) in [6, 6.07) is 15.3. The molecule has 0 saturated carbocycles. The molecule has 23 heavy (non-hydrogen) atoms. The standard InChI is InChI=1S/C18H20N2O3/c1-14-6-8-17(9-7-14)22-10-11-23-18-5-3-4-16(12-18)13-19-20-15(2)21/h3-9,12-13H,10-11H2,1-2H3,(H,20,21)/b19-13-. The number of hydrogen-bond acceptors (Lipinski definition) is 4. The minimum Gasteiger partial charge on any atom is -0.490 e. The van der Waals surface area contributed by atoms with Crippen LogP contribution in [0.3, 0.4) is 0 Å². The topological polar surface area (TPSA) is 59.9 Å². The third-order valence-corrected chi connectivity index (χ3v) is 2.94. The predicted molar refractivity (Wildman–Crippen MR) is 90.0 cm³/mol. The number of amides is 1. The average molecular weight is 312 g/mol. The molecule has 0 fully saturated rings. The van der Waals surface area contributed by atoms with Crippen molar-refractivity contribution in [1.82, 2.24) is 5.43 Å². The van der Waals surface area contributed by atoms with Crippen molar-refractivity contribution < 1.29 is 14.3 Å². The molecule has 2 aromatic rings. The molecule has 0 aliphatic rings. The monoisotopic (exact) mass is 312 g/mol. The highest BCUT2D eigenvalue weighted by atomic mass is 16.5. The molecule has 1 N–H and O–H groups in total. The summed E-state index contributed by atoms with van der Waals surface area (Å²) in [6.07, 6.45) is 1.57. The van der Waals surface area contributed by atoms with E-state index >= 15 is 0 Å². The molecule has 0 aromatic heterocycles. The Balaban J connectivity index is 1.78. The maximum Gasteiger partial charge on any atom is 0.236 e. The summed E-state index contributed by atoms with van der Waals surface area (Å²) in [6.45, 7) is 4.35. The average Bonchev–Trinajstić information content (AvgIpc) is 2.53. The van der Waals surface area contributed by atoms with Gasteiger partial charge >= 0.3 is 0 Å². The first-order valence-corrected chi connectivity index (χ1v) is 7.35. The quantitative estimate of drug-likeness (QED) is 0.486. The van der Waals surface area contributed by atoms with Crippen molar-refractivity contribution in [2.45, 2.75) is 13.8 Å². The van der Waals surface area contributed by atoms with E-state index in [0.717, 1.165) is 17.1 Å². The first-order valence-electron chi connectivity index (χ1n) is 7.35. The van der Waals surface area contributed by atoms with Crippen LogP contribution in [0.2, 0.25) is 0 Å². The number of nitrogens with zero attached hydrogens (tertiary/aromatic N) is 1. The smallest absolute Gasteiger partial charge is 0.236 e. The van der Waals surface area contributed by atoms with Crippen LogP contribution in [0, 0.1) is 6.92 Å². The second kappa shape index (κ2) is 8.58. The summed E-state index contributed by atoms with van der Waals surface area (Å²) in [5.41, 5.74) is 4.40. The first-order chi connectivity index (χ1) is 11.1. The lowest BCUT2D eigenvalue weighted by Crippen LogP contribution is -2.12. The van der Waals surface area contributed by atoms with Gasteiger partial charge in [-0.3, -0.25) is 4.79 Å². The Morgan fingerprint density at radius 2 is 1.78 bits per heavy atom. The van der Waals surface area contributed by atoms with E-state index in [4.69, 9.17) is 9.47 Å². The molecule has 2 rings (SSSR count). The van der Waals surface area contributed by atoms with Crippen molar-refractivity contribution >= 4 is 12.1 Å². The van der Waals surface area contributed by atoms with Crippen LogP contribution in [0.5, 0.6) is 11.5 Å². The SMILES string of the molecule is CC(=O)N/N=C\c1cccc(OCCOc2ccc(C)cc2)c1.